The van der Waals surface area contributed by atoms with E-state index in [4.69, 9.17) is 5.11 Å². The van der Waals surface area contributed by atoms with Gasteiger partial charge in [-0.3, -0.25) is 4.79 Å². The van der Waals surface area contributed by atoms with Crippen molar-refractivity contribution < 1.29 is 27.9 Å². The summed E-state index contributed by atoms with van der Waals surface area (Å²) in [6.07, 6.45) is -2.90. The Balaban J connectivity index is 1.94. The Morgan fingerprint density at radius 3 is 2.38 bits per heavy atom. The predicted octanol–water partition coefficient (Wildman–Crippen LogP) is 4.51. The number of carbonyl (C=O) groups excluding carboxylic acids is 1. The van der Waals surface area contributed by atoms with E-state index in [1.54, 1.807) is 6.07 Å². The molecule has 0 unspecified atom stereocenters. The van der Waals surface area contributed by atoms with Crippen LogP contribution in [-0.4, -0.2) is 24.0 Å². The summed E-state index contributed by atoms with van der Waals surface area (Å²) in [6, 6.07) is 8.97. The first-order valence-corrected chi connectivity index (χ1v) is 8.20. The van der Waals surface area contributed by atoms with Crippen molar-refractivity contribution in [1.29, 1.82) is 0 Å². The Labute approximate surface area is 150 Å². The molecule has 1 aliphatic heterocycles. The molecule has 1 aliphatic rings. The van der Waals surface area contributed by atoms with Gasteiger partial charge < -0.3 is 10.0 Å². The Bertz CT molecular complexity index is 920. The summed E-state index contributed by atoms with van der Waals surface area (Å²) in [4.78, 5) is 25.9. The topological polar surface area (TPSA) is 57.6 Å². The van der Waals surface area contributed by atoms with E-state index in [1.165, 1.54) is 42.3 Å². The summed E-state index contributed by atoms with van der Waals surface area (Å²) < 4.78 is 37.9. The fraction of sp³-hybridized carbons (Fsp3) is 0.111. The lowest BCUT2D eigenvalue weighted by Crippen LogP contribution is -2.30. The summed E-state index contributed by atoms with van der Waals surface area (Å²) in [5, 5.41) is 9.06. The number of benzene rings is 2. The third-order valence-electron chi connectivity index (χ3n) is 3.84. The molecule has 1 amide bonds. The number of rotatable bonds is 2. The van der Waals surface area contributed by atoms with Crippen LogP contribution in [-0.2, 0) is 11.0 Å². The molecule has 134 valence electrons. The van der Waals surface area contributed by atoms with E-state index in [2.05, 4.69) is 0 Å². The van der Waals surface area contributed by atoms with E-state index in [9.17, 15) is 22.8 Å². The van der Waals surface area contributed by atoms with Crippen molar-refractivity contribution in [3.63, 3.8) is 0 Å². The van der Waals surface area contributed by atoms with E-state index >= 15 is 0 Å². The lowest BCUT2D eigenvalue weighted by molar-refractivity contribution is -0.137. The highest BCUT2D eigenvalue weighted by Gasteiger charge is 2.30. The summed E-state index contributed by atoms with van der Waals surface area (Å²) in [5.74, 6) is -1.45. The maximum atomic E-state index is 12.6. The molecule has 2 aromatic carbocycles. The second kappa shape index (κ2) is 6.53. The Kier molecular flexibility index (Phi) is 4.53. The highest BCUT2D eigenvalue weighted by Crippen LogP contribution is 2.42. The molecule has 1 N–H and O–H groups in total. The van der Waals surface area contributed by atoms with E-state index < -0.39 is 17.7 Å². The number of anilines is 1. The number of hydrogen-bond donors (Lipinski definition) is 1. The largest absolute Gasteiger partial charge is 0.478 e. The van der Waals surface area contributed by atoms with Crippen molar-refractivity contribution in [3.05, 3.63) is 64.1 Å². The zero-order valence-corrected chi connectivity index (χ0v) is 14.2. The van der Waals surface area contributed by atoms with Crippen LogP contribution in [0.25, 0.3) is 6.08 Å². The molecule has 0 fully saturated rings. The average Bonchev–Trinajstić information content (AvgIpc) is 2.58. The van der Waals surface area contributed by atoms with Gasteiger partial charge in [0.05, 0.1) is 21.7 Å². The van der Waals surface area contributed by atoms with Gasteiger partial charge in [-0.1, -0.05) is 23.9 Å². The second-order valence-electron chi connectivity index (χ2n) is 5.58. The van der Waals surface area contributed by atoms with Crippen LogP contribution in [0.15, 0.2) is 52.3 Å². The molecule has 2 aromatic rings. The van der Waals surface area contributed by atoms with E-state index in [-0.39, 0.29) is 11.5 Å². The molecule has 1 heterocycles. The number of thioether (sulfide) groups is 1. The number of aromatic carboxylic acids is 1. The highest BCUT2D eigenvalue weighted by molar-refractivity contribution is 8.04. The molecule has 0 aliphatic carbocycles. The SMILES string of the molecule is CN1C(=O)C(=Cc2ccc(C(F)(F)F)cc2)Sc2ccc(C(=O)O)cc21. The van der Waals surface area contributed by atoms with Crippen molar-refractivity contribution in [2.24, 2.45) is 0 Å². The summed E-state index contributed by atoms with van der Waals surface area (Å²) in [6.45, 7) is 0. The fourth-order valence-electron chi connectivity index (χ4n) is 2.45. The Morgan fingerprint density at radius 1 is 1.15 bits per heavy atom. The lowest BCUT2D eigenvalue weighted by atomic mass is 10.1. The Hall–Kier alpha value is -2.74. The molecule has 0 radical (unpaired) electrons. The zero-order valence-electron chi connectivity index (χ0n) is 13.4. The predicted molar refractivity (Wildman–Crippen MR) is 92.1 cm³/mol. The molecule has 3 rings (SSSR count). The Morgan fingerprint density at radius 2 is 1.81 bits per heavy atom. The monoisotopic (exact) mass is 379 g/mol. The summed E-state index contributed by atoms with van der Waals surface area (Å²) in [7, 11) is 1.52. The van der Waals surface area contributed by atoms with Gasteiger partial charge in [-0.25, -0.2) is 4.79 Å². The number of hydrogen-bond acceptors (Lipinski definition) is 3. The highest BCUT2D eigenvalue weighted by atomic mass is 32.2. The van der Waals surface area contributed by atoms with Gasteiger partial charge in [-0.05, 0) is 42.0 Å². The zero-order chi connectivity index (χ0) is 19.1. The van der Waals surface area contributed by atoms with Crippen LogP contribution in [0.1, 0.15) is 21.5 Å². The van der Waals surface area contributed by atoms with E-state index in [0.717, 1.165) is 23.9 Å². The first kappa shape index (κ1) is 18.1. The minimum absolute atomic E-state index is 0.0687. The molecule has 0 saturated heterocycles. The molecule has 8 heteroatoms. The molecule has 4 nitrogen and oxygen atoms in total. The second-order valence-corrected chi connectivity index (χ2v) is 6.67. The molecular weight excluding hydrogens is 367 g/mol. The van der Waals surface area contributed by atoms with E-state index in [0.29, 0.717) is 21.1 Å². The van der Waals surface area contributed by atoms with Crippen LogP contribution in [0.2, 0.25) is 0 Å². The number of carbonyl (C=O) groups is 2. The number of carboxylic acid groups (broad SMARTS) is 1. The van der Waals surface area contributed by atoms with Gasteiger partial charge in [0.25, 0.3) is 5.91 Å². The lowest BCUT2D eigenvalue weighted by Gasteiger charge is -2.27. The minimum Gasteiger partial charge on any atom is -0.478 e. The van der Waals surface area contributed by atoms with Crippen LogP contribution in [0.5, 0.6) is 0 Å². The van der Waals surface area contributed by atoms with Gasteiger partial charge in [0, 0.05) is 11.9 Å². The van der Waals surface area contributed by atoms with Gasteiger partial charge in [0.15, 0.2) is 0 Å². The number of carboxylic acids is 1. The van der Waals surface area contributed by atoms with Crippen molar-refractivity contribution in [1.82, 2.24) is 0 Å². The minimum atomic E-state index is -4.41. The first-order valence-electron chi connectivity index (χ1n) is 7.39. The van der Waals surface area contributed by atoms with Crippen LogP contribution in [0.3, 0.4) is 0 Å². The molecule has 0 bridgehead atoms. The van der Waals surface area contributed by atoms with Crippen molar-refractivity contribution in [2.75, 3.05) is 11.9 Å². The third-order valence-corrected chi connectivity index (χ3v) is 4.92. The fourth-order valence-corrected chi connectivity index (χ4v) is 3.54. The number of halogens is 3. The maximum absolute atomic E-state index is 12.6. The number of alkyl halides is 3. The van der Waals surface area contributed by atoms with Crippen molar-refractivity contribution in [2.45, 2.75) is 11.1 Å². The van der Waals surface area contributed by atoms with Gasteiger partial charge in [0.2, 0.25) is 0 Å². The molecule has 0 atom stereocenters. The van der Waals surface area contributed by atoms with Crippen LogP contribution >= 0.6 is 11.8 Å². The van der Waals surface area contributed by atoms with Gasteiger partial charge in [-0.2, -0.15) is 13.2 Å². The summed E-state index contributed by atoms with van der Waals surface area (Å²) in [5.41, 5.74) is 0.252. The third kappa shape index (κ3) is 3.45. The average molecular weight is 379 g/mol. The van der Waals surface area contributed by atoms with Gasteiger partial charge in [0.1, 0.15) is 0 Å². The van der Waals surface area contributed by atoms with Crippen molar-refractivity contribution >= 4 is 35.4 Å². The molecule has 0 aromatic heterocycles. The normalized spacial score (nSPS) is 15.9. The maximum Gasteiger partial charge on any atom is 0.416 e. The standard InChI is InChI=1S/C18H12F3NO3S/c1-22-13-9-11(17(24)25)4-7-14(13)26-15(16(22)23)8-10-2-5-12(6-3-10)18(19,20)21/h2-9H,1H3,(H,24,25). The number of likely N-dealkylation sites (N-methyl/N-ethyl adjacent to an activating group) is 1. The number of fused-ring (bicyclic) bond motifs is 1. The first-order chi connectivity index (χ1) is 12.2. The van der Waals surface area contributed by atoms with Gasteiger partial charge in [-0.15, -0.1) is 0 Å². The van der Waals surface area contributed by atoms with Crippen LogP contribution in [0.4, 0.5) is 18.9 Å². The number of amides is 1. The number of nitrogens with zero attached hydrogens (tertiary/aromatic N) is 1. The van der Waals surface area contributed by atoms with Crippen LogP contribution < -0.4 is 4.90 Å². The quantitative estimate of drug-likeness (QED) is 0.780. The molecule has 0 spiro atoms. The molecular formula is C18H12F3NO3S. The van der Waals surface area contributed by atoms with Crippen molar-refractivity contribution in [3.8, 4) is 0 Å². The van der Waals surface area contributed by atoms with Crippen LogP contribution in [0, 0.1) is 0 Å². The molecule has 26 heavy (non-hydrogen) atoms. The summed E-state index contributed by atoms with van der Waals surface area (Å²) >= 11 is 1.15. The van der Waals surface area contributed by atoms with Gasteiger partial charge >= 0.3 is 12.1 Å². The smallest absolute Gasteiger partial charge is 0.416 e. The molecule has 0 saturated carbocycles. The van der Waals surface area contributed by atoms with E-state index in [1.807, 2.05) is 0 Å².